The summed E-state index contributed by atoms with van der Waals surface area (Å²) in [5, 5.41) is 14.2. The normalized spacial score (nSPS) is 6.64. The second-order valence-electron chi connectivity index (χ2n) is 2.79. The predicted octanol–water partition coefficient (Wildman–Crippen LogP) is 4.13. The molecule has 6 heteroatoms. The maximum absolute atomic E-state index is 10.8. The van der Waals surface area contributed by atoms with Gasteiger partial charge in [-0.15, -0.1) is 0 Å². The van der Waals surface area contributed by atoms with Crippen molar-refractivity contribution in [3.8, 4) is 0 Å². The molecule has 142 valence electrons. The van der Waals surface area contributed by atoms with E-state index in [4.69, 9.17) is 10.2 Å². The van der Waals surface area contributed by atoms with E-state index in [0.29, 0.717) is 12.8 Å². The molecule has 0 rings (SSSR count). The molecule has 0 heterocycles. The van der Waals surface area contributed by atoms with Gasteiger partial charge >= 0.3 is 11.9 Å². The summed E-state index contributed by atoms with van der Waals surface area (Å²) >= 11 is 0. The molecule has 0 radical (unpaired) electrons. The third-order valence-corrected chi connectivity index (χ3v) is 1.35. The maximum atomic E-state index is 10.8. The van der Waals surface area contributed by atoms with Crippen LogP contribution in [0.4, 0.5) is 0 Å². The van der Waals surface area contributed by atoms with Gasteiger partial charge in [0.15, 0.2) is 0 Å². The van der Waals surface area contributed by atoms with E-state index in [0.717, 1.165) is 12.8 Å². The van der Waals surface area contributed by atoms with Gasteiger partial charge in [-0.3, -0.25) is 9.59 Å². The van der Waals surface area contributed by atoms with Gasteiger partial charge in [0.1, 0.15) is 6.79 Å². The highest BCUT2D eigenvalue weighted by Crippen LogP contribution is 1.94. The lowest BCUT2D eigenvalue weighted by molar-refractivity contribution is -0.167. The van der Waals surface area contributed by atoms with E-state index < -0.39 is 6.79 Å². The fourth-order valence-electron chi connectivity index (χ4n) is 0.713. The molecular weight excluding hydrogens is 288 g/mol. The molecule has 0 amide bonds. The Labute approximate surface area is 138 Å². The summed E-state index contributed by atoms with van der Waals surface area (Å²) in [6, 6.07) is 0. The minimum Gasteiger partial charge on any atom is -0.428 e. The molecule has 0 unspecified atom stereocenters. The maximum Gasteiger partial charge on any atom is 0.308 e. The topological polar surface area (TPSA) is 93.1 Å². The summed E-state index contributed by atoms with van der Waals surface area (Å²) in [5.41, 5.74) is 0. The Bertz CT molecular complexity index is 165. The summed E-state index contributed by atoms with van der Waals surface area (Å²) in [6.45, 7) is 6.76. The fraction of sp³-hybridized carbons (Fsp3) is 0.875. The number of aliphatic hydroxyl groups excluding tert-OH is 1. The molecule has 0 saturated heterocycles. The molecule has 0 aliphatic rings. The van der Waals surface area contributed by atoms with Gasteiger partial charge in [-0.25, -0.2) is 0 Å². The molecule has 6 nitrogen and oxygen atoms in total. The van der Waals surface area contributed by atoms with Crippen LogP contribution in [0.15, 0.2) is 0 Å². The first kappa shape index (κ1) is 42.8. The summed E-state index contributed by atoms with van der Waals surface area (Å²) < 4.78 is 9.23. The van der Waals surface area contributed by atoms with Crippen molar-refractivity contribution >= 4 is 11.9 Å². The fourth-order valence-corrected chi connectivity index (χ4v) is 0.713. The van der Waals surface area contributed by atoms with Crippen LogP contribution in [0, 0.1) is 0 Å². The average Bonchev–Trinajstić information content (AvgIpc) is 2.33. The summed E-state index contributed by atoms with van der Waals surface area (Å²) in [4.78, 5) is 21.5. The van der Waals surface area contributed by atoms with Gasteiger partial charge < -0.3 is 19.7 Å². The van der Waals surface area contributed by atoms with Gasteiger partial charge in [0, 0.05) is 12.8 Å². The van der Waals surface area contributed by atoms with Crippen LogP contribution >= 0.6 is 0 Å². The first-order valence-corrected chi connectivity index (χ1v) is 6.15. The Kier molecular flexibility index (Phi) is 83.2. The Morgan fingerprint density at radius 1 is 0.773 bits per heavy atom. The van der Waals surface area contributed by atoms with Crippen LogP contribution in [0.2, 0.25) is 0 Å². The molecule has 0 spiro atoms. The first-order valence-electron chi connectivity index (χ1n) is 6.15. The number of aliphatic hydroxyl groups is 2. The Morgan fingerprint density at radius 3 is 1.18 bits per heavy atom. The van der Waals surface area contributed by atoms with Gasteiger partial charge in [-0.05, 0) is 12.8 Å². The first-order chi connectivity index (χ1) is 8.62. The minimum atomic E-state index is -0.750. The molecule has 0 aromatic carbocycles. The highest BCUT2D eigenvalue weighted by Gasteiger charge is 2.03. The average molecular weight is 331 g/mol. The summed E-state index contributed by atoms with van der Waals surface area (Å²) in [5.74, 6) is -0.654. The number of esters is 2. The van der Waals surface area contributed by atoms with Crippen LogP contribution in [-0.4, -0.2) is 35.7 Å². The quantitative estimate of drug-likeness (QED) is 0.562. The lowest BCUT2D eigenvalue weighted by Crippen LogP contribution is -2.11. The van der Waals surface area contributed by atoms with Crippen molar-refractivity contribution in [3.05, 3.63) is 0 Å². The smallest absolute Gasteiger partial charge is 0.308 e. The second-order valence-corrected chi connectivity index (χ2v) is 2.79. The molecule has 0 bridgehead atoms. The number of hydrogen-bond donors (Lipinski definition) is 2. The number of rotatable bonds is 6. The van der Waals surface area contributed by atoms with E-state index in [1.165, 1.54) is 0 Å². The highest BCUT2D eigenvalue weighted by molar-refractivity contribution is 5.70. The van der Waals surface area contributed by atoms with Crippen LogP contribution in [0.1, 0.15) is 83.1 Å². The number of hydrogen-bond acceptors (Lipinski definition) is 6. The largest absolute Gasteiger partial charge is 0.428 e. The lowest BCUT2D eigenvalue weighted by atomic mass is 10.3. The SMILES string of the molecule is C.C.C.C.CC.CCCC(=O)OCOC(=O)CCC.OCO. The monoisotopic (exact) mass is 330 g/mol. The predicted molar refractivity (Wildman–Crippen MR) is 94.4 cm³/mol. The van der Waals surface area contributed by atoms with Crippen molar-refractivity contribution in [1.29, 1.82) is 0 Å². The molecule has 0 aromatic heterocycles. The van der Waals surface area contributed by atoms with Gasteiger partial charge in [0.2, 0.25) is 6.79 Å². The molecule has 2 N–H and O–H groups in total. The highest BCUT2D eigenvalue weighted by atomic mass is 16.7. The van der Waals surface area contributed by atoms with Crippen molar-refractivity contribution in [3.63, 3.8) is 0 Å². The zero-order valence-corrected chi connectivity index (χ0v) is 11.8. The van der Waals surface area contributed by atoms with Gasteiger partial charge in [-0.1, -0.05) is 57.4 Å². The van der Waals surface area contributed by atoms with Crippen molar-refractivity contribution in [2.45, 2.75) is 83.1 Å². The van der Waals surface area contributed by atoms with E-state index in [-0.39, 0.29) is 48.4 Å². The van der Waals surface area contributed by atoms with Crippen LogP contribution in [0.3, 0.4) is 0 Å². The van der Waals surface area contributed by atoms with Crippen LogP contribution in [0.5, 0.6) is 0 Å². The third-order valence-electron chi connectivity index (χ3n) is 1.35. The summed E-state index contributed by atoms with van der Waals surface area (Å²) in [7, 11) is 0. The summed E-state index contributed by atoms with van der Waals surface area (Å²) in [6.07, 6.45) is 2.21. The van der Waals surface area contributed by atoms with Crippen molar-refractivity contribution in [2.75, 3.05) is 13.6 Å². The Morgan fingerprint density at radius 2 is 1.00 bits per heavy atom. The molecule has 0 atom stereocenters. The van der Waals surface area contributed by atoms with E-state index in [9.17, 15) is 9.59 Å². The third kappa shape index (κ3) is 51.0. The lowest BCUT2D eigenvalue weighted by Gasteiger charge is -2.04. The van der Waals surface area contributed by atoms with E-state index in [2.05, 4.69) is 9.47 Å². The molecular formula is C16H42O6. The number of carbonyl (C=O) groups is 2. The van der Waals surface area contributed by atoms with Gasteiger partial charge in [-0.2, -0.15) is 0 Å². The molecule has 0 aliphatic heterocycles. The minimum absolute atomic E-state index is 0. The second kappa shape index (κ2) is 42.7. The Hall–Kier alpha value is -1.14. The van der Waals surface area contributed by atoms with Gasteiger partial charge in [0.05, 0.1) is 0 Å². The molecule has 22 heavy (non-hydrogen) atoms. The zero-order valence-electron chi connectivity index (χ0n) is 11.8. The van der Waals surface area contributed by atoms with Crippen LogP contribution < -0.4 is 0 Å². The van der Waals surface area contributed by atoms with E-state index in [1.54, 1.807) is 0 Å². The van der Waals surface area contributed by atoms with Crippen LogP contribution in [0.25, 0.3) is 0 Å². The van der Waals surface area contributed by atoms with E-state index in [1.807, 2.05) is 27.7 Å². The number of ether oxygens (including phenoxy) is 2. The molecule has 0 aliphatic carbocycles. The van der Waals surface area contributed by atoms with Gasteiger partial charge in [0.25, 0.3) is 0 Å². The molecule has 0 fully saturated rings. The Balaban J connectivity index is -0.0000000447. The molecule has 0 aromatic rings. The molecule has 0 saturated carbocycles. The van der Waals surface area contributed by atoms with Crippen LogP contribution in [-0.2, 0) is 19.1 Å². The van der Waals surface area contributed by atoms with Crippen molar-refractivity contribution in [1.82, 2.24) is 0 Å². The van der Waals surface area contributed by atoms with E-state index >= 15 is 0 Å². The number of carbonyl (C=O) groups excluding carboxylic acids is 2. The standard InChI is InChI=1S/C9H16O4.C2H6.CH4O2.4CH4/c1-3-5-8(10)12-7-13-9(11)6-4-2;1-2;2-1-3;;;;/h3-7H2,1-2H3;1-2H3;2-3H,1H2;4*1H4. The van der Waals surface area contributed by atoms with Crippen molar-refractivity contribution in [2.24, 2.45) is 0 Å². The zero-order chi connectivity index (χ0) is 14.8. The van der Waals surface area contributed by atoms with Crippen molar-refractivity contribution < 1.29 is 29.3 Å².